The van der Waals surface area contributed by atoms with E-state index in [1.807, 2.05) is 31.2 Å². The zero-order chi connectivity index (χ0) is 14.1. The number of hydrazine groups is 1. The van der Waals surface area contributed by atoms with E-state index < -0.39 is 0 Å². The maximum absolute atomic E-state index is 5.14. The summed E-state index contributed by atoms with van der Waals surface area (Å²) in [6, 6.07) is 7.93. The Balaban J connectivity index is 2.26. The first-order valence-electron chi connectivity index (χ1n) is 5.78. The van der Waals surface area contributed by atoms with Gasteiger partial charge in [0, 0.05) is 19.3 Å². The van der Waals surface area contributed by atoms with Crippen molar-refractivity contribution in [1.82, 2.24) is 16.2 Å². The van der Waals surface area contributed by atoms with E-state index in [2.05, 4.69) is 21.5 Å². The third-order valence-corrected chi connectivity index (χ3v) is 2.61. The van der Waals surface area contributed by atoms with Crippen molar-refractivity contribution >= 4 is 40.3 Å². The van der Waals surface area contributed by atoms with Gasteiger partial charge in [-0.1, -0.05) is 12.1 Å². The van der Waals surface area contributed by atoms with E-state index in [1.54, 1.807) is 7.11 Å². The number of benzene rings is 1. The van der Waals surface area contributed by atoms with Crippen LogP contribution in [0.5, 0.6) is 0 Å². The molecule has 0 heterocycles. The predicted molar refractivity (Wildman–Crippen MR) is 86.1 cm³/mol. The molecule has 0 saturated heterocycles. The molecule has 19 heavy (non-hydrogen) atoms. The summed E-state index contributed by atoms with van der Waals surface area (Å²) < 4.78 is 4.90. The molecule has 0 amide bonds. The monoisotopic (exact) mass is 298 g/mol. The molecule has 0 saturated carbocycles. The summed E-state index contributed by atoms with van der Waals surface area (Å²) >= 11 is 10.2. The van der Waals surface area contributed by atoms with Gasteiger partial charge in [0.1, 0.15) is 0 Å². The van der Waals surface area contributed by atoms with Crippen LogP contribution in [0.1, 0.15) is 5.56 Å². The summed E-state index contributed by atoms with van der Waals surface area (Å²) in [5, 5.41) is 6.92. The number of ether oxygens (including phenoxy) is 1. The first-order valence-corrected chi connectivity index (χ1v) is 6.60. The number of rotatable bonds is 4. The molecule has 0 spiro atoms. The average Bonchev–Trinajstić information content (AvgIpc) is 2.37. The molecule has 0 atom stereocenters. The van der Waals surface area contributed by atoms with Crippen molar-refractivity contribution in [2.75, 3.05) is 25.6 Å². The van der Waals surface area contributed by atoms with Gasteiger partial charge in [-0.3, -0.25) is 10.9 Å². The predicted octanol–water partition coefficient (Wildman–Crippen LogP) is 1.31. The molecule has 4 N–H and O–H groups in total. The van der Waals surface area contributed by atoms with Gasteiger partial charge in [0.05, 0.1) is 6.61 Å². The molecule has 0 aliphatic carbocycles. The molecule has 0 radical (unpaired) electrons. The van der Waals surface area contributed by atoms with E-state index in [0.29, 0.717) is 23.4 Å². The van der Waals surface area contributed by atoms with E-state index >= 15 is 0 Å². The van der Waals surface area contributed by atoms with Crippen LogP contribution in [0, 0.1) is 6.92 Å². The molecule has 5 nitrogen and oxygen atoms in total. The van der Waals surface area contributed by atoms with Crippen LogP contribution in [0.4, 0.5) is 5.69 Å². The minimum absolute atomic E-state index is 0.446. The van der Waals surface area contributed by atoms with Gasteiger partial charge in [-0.15, -0.1) is 0 Å². The zero-order valence-electron chi connectivity index (χ0n) is 10.9. The molecule has 1 aromatic rings. The van der Waals surface area contributed by atoms with Gasteiger partial charge in [0.15, 0.2) is 10.2 Å². The first kappa shape index (κ1) is 15.6. The van der Waals surface area contributed by atoms with Crippen LogP contribution in [0.25, 0.3) is 0 Å². The van der Waals surface area contributed by atoms with Crippen molar-refractivity contribution < 1.29 is 4.74 Å². The molecular weight excluding hydrogens is 280 g/mol. The fraction of sp³-hybridized carbons (Fsp3) is 0.333. The van der Waals surface area contributed by atoms with Crippen molar-refractivity contribution in [2.24, 2.45) is 0 Å². The maximum atomic E-state index is 5.14. The van der Waals surface area contributed by atoms with Crippen LogP contribution in [0.3, 0.4) is 0 Å². The molecule has 7 heteroatoms. The lowest BCUT2D eigenvalue weighted by molar-refractivity contribution is 0.204. The summed E-state index contributed by atoms with van der Waals surface area (Å²) in [4.78, 5) is 0. The molecule has 1 rings (SSSR count). The van der Waals surface area contributed by atoms with E-state index in [1.165, 1.54) is 0 Å². The van der Waals surface area contributed by atoms with Crippen LogP contribution in [-0.2, 0) is 4.74 Å². The SMILES string of the molecule is COCCNC(=S)NNC(=S)Nc1cccc(C)c1. The highest BCUT2D eigenvalue weighted by Crippen LogP contribution is 2.08. The molecule has 0 unspecified atom stereocenters. The standard InChI is InChI=1S/C12H18N4OS2/c1-9-4-3-5-10(8-9)14-12(19)16-15-11(18)13-6-7-17-2/h3-5,8H,6-7H2,1-2H3,(H2,13,15,18)(H2,14,16,19). The average molecular weight is 298 g/mol. The highest BCUT2D eigenvalue weighted by Gasteiger charge is 1.98. The molecule has 1 aromatic carbocycles. The van der Waals surface area contributed by atoms with Gasteiger partial charge in [0.2, 0.25) is 0 Å². The molecule has 104 valence electrons. The molecular formula is C12H18N4OS2. The Morgan fingerprint density at radius 2 is 1.95 bits per heavy atom. The number of nitrogens with one attached hydrogen (secondary N) is 4. The van der Waals surface area contributed by atoms with Crippen LogP contribution >= 0.6 is 24.4 Å². The third kappa shape index (κ3) is 6.90. The van der Waals surface area contributed by atoms with E-state index in [0.717, 1.165) is 11.3 Å². The van der Waals surface area contributed by atoms with Crippen molar-refractivity contribution in [3.05, 3.63) is 29.8 Å². The fourth-order valence-electron chi connectivity index (χ4n) is 1.31. The fourth-order valence-corrected chi connectivity index (χ4v) is 1.63. The number of hydrogen-bond donors (Lipinski definition) is 4. The second-order valence-electron chi connectivity index (χ2n) is 3.82. The van der Waals surface area contributed by atoms with Gasteiger partial charge in [-0.05, 0) is 49.1 Å². The Hall–Kier alpha value is -1.44. The smallest absolute Gasteiger partial charge is 0.189 e. The van der Waals surface area contributed by atoms with Gasteiger partial charge in [-0.2, -0.15) is 0 Å². The highest BCUT2D eigenvalue weighted by molar-refractivity contribution is 7.80. The summed E-state index contributed by atoms with van der Waals surface area (Å²) in [5.74, 6) is 0. The molecule has 0 aliphatic heterocycles. The van der Waals surface area contributed by atoms with E-state index in [9.17, 15) is 0 Å². The second kappa shape index (κ2) is 8.63. The summed E-state index contributed by atoms with van der Waals surface area (Å²) in [5.41, 5.74) is 7.68. The number of aryl methyl sites for hydroxylation is 1. The lowest BCUT2D eigenvalue weighted by Gasteiger charge is -2.14. The van der Waals surface area contributed by atoms with Crippen molar-refractivity contribution in [1.29, 1.82) is 0 Å². The van der Waals surface area contributed by atoms with Gasteiger partial charge in [0.25, 0.3) is 0 Å². The molecule has 0 bridgehead atoms. The number of thiocarbonyl (C=S) groups is 2. The molecule has 0 aromatic heterocycles. The van der Waals surface area contributed by atoms with E-state index in [-0.39, 0.29) is 0 Å². The Labute approximate surface area is 124 Å². The Morgan fingerprint density at radius 3 is 2.63 bits per heavy atom. The lowest BCUT2D eigenvalue weighted by Crippen LogP contribution is -2.48. The summed E-state index contributed by atoms with van der Waals surface area (Å²) in [7, 11) is 1.64. The maximum Gasteiger partial charge on any atom is 0.189 e. The third-order valence-electron chi connectivity index (χ3n) is 2.16. The minimum Gasteiger partial charge on any atom is -0.383 e. The first-order chi connectivity index (χ1) is 9.11. The van der Waals surface area contributed by atoms with Gasteiger partial charge >= 0.3 is 0 Å². The van der Waals surface area contributed by atoms with Crippen molar-refractivity contribution in [3.63, 3.8) is 0 Å². The van der Waals surface area contributed by atoms with E-state index in [4.69, 9.17) is 29.2 Å². The van der Waals surface area contributed by atoms with Gasteiger partial charge in [-0.25, -0.2) is 0 Å². The van der Waals surface area contributed by atoms with Crippen LogP contribution < -0.4 is 21.5 Å². The minimum atomic E-state index is 0.446. The number of anilines is 1. The van der Waals surface area contributed by atoms with Crippen LogP contribution in [0.2, 0.25) is 0 Å². The largest absolute Gasteiger partial charge is 0.383 e. The molecule has 0 aliphatic rings. The Morgan fingerprint density at radius 1 is 1.21 bits per heavy atom. The number of methoxy groups -OCH3 is 1. The lowest BCUT2D eigenvalue weighted by atomic mass is 10.2. The van der Waals surface area contributed by atoms with Gasteiger partial charge < -0.3 is 15.4 Å². The highest BCUT2D eigenvalue weighted by atomic mass is 32.1. The number of hydrogen-bond acceptors (Lipinski definition) is 3. The van der Waals surface area contributed by atoms with Crippen LogP contribution in [-0.4, -0.2) is 30.5 Å². The molecule has 0 fully saturated rings. The summed E-state index contributed by atoms with van der Waals surface area (Å²) in [6.07, 6.45) is 0. The zero-order valence-corrected chi connectivity index (χ0v) is 12.6. The Kier molecular flexibility index (Phi) is 7.09. The van der Waals surface area contributed by atoms with Crippen molar-refractivity contribution in [3.8, 4) is 0 Å². The topological polar surface area (TPSA) is 57.4 Å². The van der Waals surface area contributed by atoms with Crippen molar-refractivity contribution in [2.45, 2.75) is 6.92 Å². The Bertz CT molecular complexity index is 439. The summed E-state index contributed by atoms with van der Waals surface area (Å²) in [6.45, 7) is 3.25. The normalized spacial score (nSPS) is 9.58. The quantitative estimate of drug-likeness (QED) is 0.380. The second-order valence-corrected chi connectivity index (χ2v) is 4.64. The van der Waals surface area contributed by atoms with Crippen LogP contribution in [0.15, 0.2) is 24.3 Å².